The first-order valence-electron chi connectivity index (χ1n) is 9.57. The summed E-state index contributed by atoms with van der Waals surface area (Å²) in [4.78, 5) is 27.1. The van der Waals surface area contributed by atoms with Gasteiger partial charge >= 0.3 is 0 Å². The molecule has 1 saturated heterocycles. The van der Waals surface area contributed by atoms with Crippen LogP contribution in [0.1, 0.15) is 11.6 Å². The molecule has 1 aliphatic rings. The van der Waals surface area contributed by atoms with E-state index in [4.69, 9.17) is 0 Å². The first-order chi connectivity index (χ1) is 13.6. The lowest BCUT2D eigenvalue weighted by atomic mass is 10.0. The second-order valence-electron chi connectivity index (χ2n) is 7.10. The molecule has 0 bridgehead atoms. The number of benzene rings is 2. The zero-order chi connectivity index (χ0) is 19.9. The zero-order valence-corrected chi connectivity index (χ0v) is 16.0. The van der Waals surface area contributed by atoms with Crippen molar-refractivity contribution in [2.75, 3.05) is 45.1 Å². The maximum atomic E-state index is 13.1. The van der Waals surface area contributed by atoms with Crippen LogP contribution in [0.4, 0.5) is 10.1 Å². The summed E-state index contributed by atoms with van der Waals surface area (Å²) in [5.74, 6) is -0.409. The molecule has 0 saturated carbocycles. The molecule has 28 heavy (non-hydrogen) atoms. The third-order valence-electron chi connectivity index (χ3n) is 5.20. The second kappa shape index (κ2) is 9.43. The van der Waals surface area contributed by atoms with Gasteiger partial charge in [0.15, 0.2) is 12.6 Å². The Labute approximate surface area is 164 Å². The van der Waals surface area contributed by atoms with Crippen LogP contribution in [0.5, 0.6) is 0 Å². The van der Waals surface area contributed by atoms with Crippen LogP contribution in [0.15, 0.2) is 54.6 Å². The maximum absolute atomic E-state index is 13.1. The Hall–Kier alpha value is -2.77. The minimum absolute atomic E-state index is 0.0344. The van der Waals surface area contributed by atoms with E-state index in [1.54, 1.807) is 19.2 Å². The summed E-state index contributed by atoms with van der Waals surface area (Å²) in [6.45, 7) is 3.71. The molecule has 2 aromatic carbocycles. The van der Waals surface area contributed by atoms with Crippen molar-refractivity contribution in [3.63, 3.8) is 0 Å². The first kappa shape index (κ1) is 20.0. The van der Waals surface area contributed by atoms with Crippen molar-refractivity contribution in [2.24, 2.45) is 0 Å². The van der Waals surface area contributed by atoms with E-state index in [0.29, 0.717) is 12.2 Å². The molecule has 3 rings (SSSR count). The fourth-order valence-electron chi connectivity index (χ4n) is 3.67. The number of nitrogens with one attached hydrogen (secondary N) is 4. The van der Waals surface area contributed by atoms with E-state index in [0.717, 1.165) is 31.7 Å². The lowest BCUT2D eigenvalue weighted by Gasteiger charge is -2.33. The van der Waals surface area contributed by atoms with E-state index in [2.05, 4.69) is 10.6 Å². The van der Waals surface area contributed by atoms with Gasteiger partial charge in [0.1, 0.15) is 32.0 Å². The average Bonchev–Trinajstić information content (AvgIpc) is 2.72. The van der Waals surface area contributed by atoms with Crippen LogP contribution in [0.25, 0.3) is 0 Å². The third-order valence-corrected chi connectivity index (χ3v) is 5.20. The van der Waals surface area contributed by atoms with E-state index < -0.39 is 0 Å². The first-order valence-corrected chi connectivity index (χ1v) is 9.57. The number of likely N-dealkylation sites (N-methyl/N-ethyl adjacent to an activating group) is 1. The Balaban J connectivity index is 1.72. The largest absolute Gasteiger partial charge is 0.354 e. The van der Waals surface area contributed by atoms with Gasteiger partial charge in [-0.25, -0.2) is 4.39 Å². The number of quaternary nitrogens is 2. The van der Waals surface area contributed by atoms with Gasteiger partial charge in [0.25, 0.3) is 11.8 Å². The second-order valence-corrected chi connectivity index (χ2v) is 7.10. The number of piperazine rings is 1. The lowest BCUT2D eigenvalue weighted by molar-refractivity contribution is -1.02. The van der Waals surface area contributed by atoms with Gasteiger partial charge in [-0.3, -0.25) is 9.59 Å². The summed E-state index contributed by atoms with van der Waals surface area (Å²) in [5.41, 5.74) is 1.53. The Bertz CT molecular complexity index is 790. The molecular formula is C21H27FN4O2+2. The summed E-state index contributed by atoms with van der Waals surface area (Å²) in [7, 11) is 1.65. The van der Waals surface area contributed by atoms with Gasteiger partial charge in [0.2, 0.25) is 0 Å². The fraction of sp³-hybridized carbons (Fsp3) is 0.333. The van der Waals surface area contributed by atoms with Gasteiger partial charge in [-0.05, 0) is 24.3 Å². The summed E-state index contributed by atoms with van der Waals surface area (Å²) < 4.78 is 13.1. The molecule has 1 fully saturated rings. The summed E-state index contributed by atoms with van der Waals surface area (Å²) in [6.07, 6.45) is 0. The molecule has 0 aliphatic carbocycles. The summed E-state index contributed by atoms with van der Waals surface area (Å²) >= 11 is 0. The lowest BCUT2D eigenvalue weighted by Crippen LogP contribution is -3.28. The molecule has 148 valence electrons. The van der Waals surface area contributed by atoms with E-state index in [1.807, 2.05) is 30.3 Å². The van der Waals surface area contributed by atoms with Crippen LogP contribution in [0.2, 0.25) is 0 Å². The highest BCUT2D eigenvalue weighted by Crippen LogP contribution is 2.14. The van der Waals surface area contributed by atoms with E-state index in [-0.39, 0.29) is 23.7 Å². The van der Waals surface area contributed by atoms with Crippen molar-refractivity contribution in [1.29, 1.82) is 0 Å². The van der Waals surface area contributed by atoms with Gasteiger partial charge in [-0.15, -0.1) is 0 Å². The van der Waals surface area contributed by atoms with Crippen molar-refractivity contribution in [2.45, 2.75) is 6.04 Å². The Kier molecular flexibility index (Phi) is 6.73. The molecule has 7 heteroatoms. The maximum Gasteiger partial charge on any atom is 0.287 e. The van der Waals surface area contributed by atoms with Gasteiger partial charge in [0, 0.05) is 18.3 Å². The average molecular weight is 386 g/mol. The molecule has 0 radical (unpaired) electrons. The Morgan fingerprint density at radius 1 is 1.00 bits per heavy atom. The van der Waals surface area contributed by atoms with Crippen molar-refractivity contribution in [3.8, 4) is 0 Å². The van der Waals surface area contributed by atoms with Crippen molar-refractivity contribution >= 4 is 17.5 Å². The topological polar surface area (TPSA) is 67.1 Å². The van der Waals surface area contributed by atoms with Crippen LogP contribution in [-0.2, 0) is 9.59 Å². The predicted octanol–water partition coefficient (Wildman–Crippen LogP) is -0.965. The minimum atomic E-state index is -0.354. The predicted molar refractivity (Wildman–Crippen MR) is 105 cm³/mol. The number of anilines is 1. The fourth-order valence-corrected chi connectivity index (χ4v) is 3.67. The quantitative estimate of drug-likeness (QED) is 0.517. The van der Waals surface area contributed by atoms with Gasteiger partial charge in [-0.1, -0.05) is 30.3 Å². The van der Waals surface area contributed by atoms with Crippen LogP contribution < -0.4 is 20.4 Å². The number of hydrogen-bond donors (Lipinski definition) is 4. The SMILES string of the molecule is CNC(=O)C[NH+]1CC[NH+]([C@@H](C(=O)Nc2ccc(F)cc2)c2ccccc2)CC1. The van der Waals surface area contributed by atoms with Crippen LogP contribution >= 0.6 is 0 Å². The van der Waals surface area contributed by atoms with Gasteiger partial charge in [0.05, 0.1) is 0 Å². The number of amides is 2. The smallest absolute Gasteiger partial charge is 0.287 e. The molecule has 0 unspecified atom stereocenters. The van der Waals surface area contributed by atoms with E-state index >= 15 is 0 Å². The van der Waals surface area contributed by atoms with E-state index in [1.165, 1.54) is 21.9 Å². The van der Waals surface area contributed by atoms with Crippen molar-refractivity contribution in [3.05, 3.63) is 66.0 Å². The molecular weight excluding hydrogens is 359 g/mol. The van der Waals surface area contributed by atoms with E-state index in [9.17, 15) is 14.0 Å². The number of halogens is 1. The van der Waals surface area contributed by atoms with Crippen LogP contribution in [0.3, 0.4) is 0 Å². The zero-order valence-electron chi connectivity index (χ0n) is 16.0. The van der Waals surface area contributed by atoms with Gasteiger partial charge in [-0.2, -0.15) is 0 Å². The number of rotatable bonds is 6. The molecule has 1 aliphatic heterocycles. The highest BCUT2D eigenvalue weighted by atomic mass is 19.1. The number of carbonyl (C=O) groups is 2. The van der Waals surface area contributed by atoms with Crippen molar-refractivity contribution < 1.29 is 23.8 Å². The minimum Gasteiger partial charge on any atom is -0.354 e. The molecule has 4 N–H and O–H groups in total. The van der Waals surface area contributed by atoms with Gasteiger partial charge < -0.3 is 20.4 Å². The Morgan fingerprint density at radius 2 is 1.64 bits per heavy atom. The summed E-state index contributed by atoms with van der Waals surface area (Å²) in [5, 5.41) is 5.58. The standard InChI is InChI=1S/C21H25FN4O2/c1-23-19(27)15-25-11-13-26(14-12-25)20(16-5-3-2-4-6-16)21(28)24-18-9-7-17(22)8-10-18/h2-10,20H,11-15H2,1H3,(H,23,27)(H,24,28)/p+2/t20-/m1/s1. The molecule has 2 aromatic rings. The molecule has 1 heterocycles. The number of hydrogen-bond acceptors (Lipinski definition) is 2. The number of carbonyl (C=O) groups excluding carboxylic acids is 2. The normalized spacial score (nSPS) is 20.2. The molecule has 2 amide bonds. The molecule has 0 aromatic heterocycles. The van der Waals surface area contributed by atoms with Crippen LogP contribution in [0, 0.1) is 5.82 Å². The monoisotopic (exact) mass is 386 g/mol. The molecule has 1 atom stereocenters. The summed E-state index contributed by atoms with van der Waals surface area (Å²) in [6, 6.07) is 15.2. The molecule has 0 spiro atoms. The molecule has 6 nitrogen and oxygen atoms in total. The third kappa shape index (κ3) is 5.15. The highest BCUT2D eigenvalue weighted by molar-refractivity contribution is 5.94. The Morgan fingerprint density at radius 3 is 2.25 bits per heavy atom. The van der Waals surface area contributed by atoms with Crippen LogP contribution in [-0.4, -0.2) is 51.6 Å². The van der Waals surface area contributed by atoms with Crippen molar-refractivity contribution in [1.82, 2.24) is 5.32 Å². The highest BCUT2D eigenvalue weighted by Gasteiger charge is 2.36.